The molecule has 1 aliphatic heterocycles. The van der Waals surface area contributed by atoms with Gasteiger partial charge in [0, 0.05) is 18.2 Å². The predicted octanol–water partition coefficient (Wildman–Crippen LogP) is 1.44. The summed E-state index contributed by atoms with van der Waals surface area (Å²) in [7, 11) is 1.50. The Balaban J connectivity index is 2.35. The van der Waals surface area contributed by atoms with Crippen LogP contribution in [0.2, 0.25) is 0 Å². The number of hydrogen-bond acceptors (Lipinski definition) is 4. The Hall–Kier alpha value is -1.24. The van der Waals surface area contributed by atoms with Crippen molar-refractivity contribution in [2.45, 2.75) is 12.5 Å². The van der Waals surface area contributed by atoms with E-state index in [0.29, 0.717) is 17.5 Å². The summed E-state index contributed by atoms with van der Waals surface area (Å²) in [6.07, 6.45) is 0.306. The van der Waals surface area contributed by atoms with Crippen molar-refractivity contribution in [1.82, 2.24) is 4.90 Å². The third kappa shape index (κ3) is 2.56. The first-order valence-electron chi connectivity index (χ1n) is 5.87. The highest BCUT2D eigenvalue weighted by molar-refractivity contribution is 9.10. The third-order valence-corrected chi connectivity index (χ3v) is 3.56. The summed E-state index contributed by atoms with van der Waals surface area (Å²) in [5.74, 6) is -0.667. The molecule has 1 heterocycles. The second-order valence-corrected chi connectivity index (χ2v) is 5.21. The van der Waals surface area contributed by atoms with Crippen LogP contribution in [0.3, 0.4) is 0 Å². The first-order valence-corrected chi connectivity index (χ1v) is 6.66. The van der Waals surface area contributed by atoms with E-state index >= 15 is 0 Å². The van der Waals surface area contributed by atoms with Gasteiger partial charge in [-0.05, 0) is 24.6 Å². The molecule has 6 heteroatoms. The molecule has 5 nitrogen and oxygen atoms in total. The van der Waals surface area contributed by atoms with E-state index in [1.807, 2.05) is 0 Å². The molecule has 2 rings (SSSR count). The Kier molecular flexibility index (Phi) is 4.34. The molecular weight excluding hydrogens is 314 g/mol. The van der Waals surface area contributed by atoms with Crippen LogP contribution in [-0.2, 0) is 4.74 Å². The minimum absolute atomic E-state index is 0.106. The largest absolute Gasteiger partial charge is 0.396 e. The molecule has 0 saturated heterocycles. The fourth-order valence-electron chi connectivity index (χ4n) is 2.19. The molecule has 0 bridgehead atoms. The van der Waals surface area contributed by atoms with E-state index in [0.717, 1.165) is 4.47 Å². The molecule has 1 atom stereocenters. The van der Waals surface area contributed by atoms with Gasteiger partial charge in [0.1, 0.15) is 0 Å². The lowest BCUT2D eigenvalue weighted by Gasteiger charge is -2.24. The number of benzene rings is 1. The topological polar surface area (TPSA) is 66.8 Å². The van der Waals surface area contributed by atoms with Crippen molar-refractivity contribution in [2.75, 3.05) is 20.3 Å². The number of amides is 2. The molecule has 1 aromatic rings. The van der Waals surface area contributed by atoms with E-state index in [1.54, 1.807) is 18.2 Å². The number of carbonyl (C=O) groups is 2. The summed E-state index contributed by atoms with van der Waals surface area (Å²) in [6, 6.07) is 4.55. The van der Waals surface area contributed by atoms with Gasteiger partial charge in [0.15, 0.2) is 0 Å². The summed E-state index contributed by atoms with van der Waals surface area (Å²) in [4.78, 5) is 25.7. The molecule has 102 valence electrons. The number of carbonyl (C=O) groups excluding carboxylic acids is 2. The average Bonchev–Trinajstić information content (AvgIpc) is 2.61. The van der Waals surface area contributed by atoms with Crippen LogP contribution in [0.4, 0.5) is 0 Å². The van der Waals surface area contributed by atoms with Crippen LogP contribution in [0.15, 0.2) is 22.7 Å². The normalized spacial score (nSPS) is 15.8. The highest BCUT2D eigenvalue weighted by atomic mass is 79.9. The van der Waals surface area contributed by atoms with E-state index in [2.05, 4.69) is 15.9 Å². The number of fused-ring (bicyclic) bond motifs is 1. The zero-order chi connectivity index (χ0) is 14.0. The quantitative estimate of drug-likeness (QED) is 0.831. The Labute approximate surface area is 119 Å². The highest BCUT2D eigenvalue weighted by Gasteiger charge is 2.39. The van der Waals surface area contributed by atoms with Crippen LogP contribution in [0.25, 0.3) is 0 Å². The lowest BCUT2D eigenvalue weighted by Crippen LogP contribution is -2.43. The van der Waals surface area contributed by atoms with E-state index in [1.165, 1.54) is 12.0 Å². The Morgan fingerprint density at radius 3 is 2.63 bits per heavy atom. The van der Waals surface area contributed by atoms with Crippen molar-refractivity contribution in [1.29, 1.82) is 0 Å². The fourth-order valence-corrected chi connectivity index (χ4v) is 2.55. The maximum Gasteiger partial charge on any atom is 0.261 e. The van der Waals surface area contributed by atoms with Crippen LogP contribution >= 0.6 is 15.9 Å². The van der Waals surface area contributed by atoms with Gasteiger partial charge >= 0.3 is 0 Å². The number of methoxy groups -OCH3 is 1. The minimum Gasteiger partial charge on any atom is -0.396 e. The molecule has 19 heavy (non-hydrogen) atoms. The van der Waals surface area contributed by atoms with Crippen LogP contribution in [-0.4, -0.2) is 48.2 Å². The lowest BCUT2D eigenvalue weighted by molar-refractivity contribution is 0.0431. The first kappa shape index (κ1) is 14.2. The van der Waals surface area contributed by atoms with Gasteiger partial charge < -0.3 is 9.84 Å². The summed E-state index contributed by atoms with van der Waals surface area (Å²) in [5, 5.41) is 9.04. The number of imide groups is 1. The van der Waals surface area contributed by atoms with Crippen molar-refractivity contribution in [3.63, 3.8) is 0 Å². The lowest BCUT2D eigenvalue weighted by atomic mass is 10.1. The standard InChI is InChI=1S/C13H14BrNO4/c1-19-7-9(4-5-16)15-12(17)10-3-2-8(14)6-11(10)13(15)18/h2-3,6,9,16H,4-5,7H2,1H3. The van der Waals surface area contributed by atoms with Gasteiger partial charge in [0.25, 0.3) is 11.8 Å². The van der Waals surface area contributed by atoms with E-state index < -0.39 is 6.04 Å². The number of aliphatic hydroxyl groups excluding tert-OH is 1. The molecule has 1 N–H and O–H groups in total. The van der Waals surface area contributed by atoms with Crippen molar-refractivity contribution < 1.29 is 19.4 Å². The second-order valence-electron chi connectivity index (χ2n) is 4.29. The monoisotopic (exact) mass is 327 g/mol. The molecule has 0 spiro atoms. The average molecular weight is 328 g/mol. The van der Waals surface area contributed by atoms with Gasteiger partial charge in [-0.3, -0.25) is 14.5 Å². The SMILES string of the molecule is COCC(CCO)N1C(=O)c2ccc(Br)cc2C1=O. The molecule has 1 aliphatic rings. The first-order chi connectivity index (χ1) is 9.10. The van der Waals surface area contributed by atoms with Crippen LogP contribution in [0.1, 0.15) is 27.1 Å². The molecule has 0 radical (unpaired) electrons. The third-order valence-electron chi connectivity index (χ3n) is 3.07. The minimum atomic E-state index is -0.443. The maximum atomic E-state index is 12.3. The fraction of sp³-hybridized carbons (Fsp3) is 0.385. The van der Waals surface area contributed by atoms with Gasteiger partial charge in [0.2, 0.25) is 0 Å². The van der Waals surface area contributed by atoms with Crippen molar-refractivity contribution in [2.24, 2.45) is 0 Å². The van der Waals surface area contributed by atoms with Crippen molar-refractivity contribution in [3.05, 3.63) is 33.8 Å². The molecule has 0 fully saturated rings. The van der Waals surface area contributed by atoms with Crippen LogP contribution in [0.5, 0.6) is 0 Å². The van der Waals surface area contributed by atoms with Crippen molar-refractivity contribution in [3.8, 4) is 0 Å². The molecular formula is C13H14BrNO4. The molecule has 0 aliphatic carbocycles. The summed E-state index contributed by atoms with van der Waals surface area (Å²) >= 11 is 3.28. The summed E-state index contributed by atoms with van der Waals surface area (Å²) < 4.78 is 5.77. The van der Waals surface area contributed by atoms with Gasteiger partial charge in [-0.2, -0.15) is 0 Å². The highest BCUT2D eigenvalue weighted by Crippen LogP contribution is 2.28. The molecule has 2 amide bonds. The van der Waals surface area contributed by atoms with E-state index in [-0.39, 0.29) is 25.0 Å². The number of halogens is 1. The number of hydrogen-bond donors (Lipinski definition) is 1. The zero-order valence-electron chi connectivity index (χ0n) is 10.4. The molecule has 1 unspecified atom stereocenters. The number of ether oxygens (including phenoxy) is 1. The van der Waals surface area contributed by atoms with E-state index in [4.69, 9.17) is 9.84 Å². The van der Waals surface area contributed by atoms with Crippen LogP contribution < -0.4 is 0 Å². The molecule has 1 aromatic carbocycles. The van der Waals surface area contributed by atoms with E-state index in [9.17, 15) is 9.59 Å². The molecule has 0 aromatic heterocycles. The van der Waals surface area contributed by atoms with Gasteiger partial charge in [-0.1, -0.05) is 15.9 Å². The summed E-state index contributed by atoms with van der Waals surface area (Å²) in [5.41, 5.74) is 0.783. The smallest absolute Gasteiger partial charge is 0.261 e. The number of nitrogens with zero attached hydrogens (tertiary/aromatic N) is 1. The van der Waals surface area contributed by atoms with Crippen LogP contribution in [0, 0.1) is 0 Å². The Morgan fingerprint density at radius 2 is 2.00 bits per heavy atom. The zero-order valence-corrected chi connectivity index (χ0v) is 12.0. The Bertz CT molecular complexity index is 511. The molecule has 0 saturated carbocycles. The summed E-state index contributed by atoms with van der Waals surface area (Å²) in [6.45, 7) is 0.109. The number of rotatable bonds is 5. The van der Waals surface area contributed by atoms with Crippen molar-refractivity contribution >= 4 is 27.7 Å². The maximum absolute atomic E-state index is 12.3. The van der Waals surface area contributed by atoms with Gasteiger partial charge in [-0.15, -0.1) is 0 Å². The Morgan fingerprint density at radius 1 is 1.32 bits per heavy atom. The van der Waals surface area contributed by atoms with Gasteiger partial charge in [-0.25, -0.2) is 0 Å². The van der Waals surface area contributed by atoms with Gasteiger partial charge in [0.05, 0.1) is 23.8 Å². The second kappa shape index (κ2) is 5.81. The predicted molar refractivity (Wildman–Crippen MR) is 72.0 cm³/mol. The number of aliphatic hydroxyl groups is 1.